The molecule has 0 radical (unpaired) electrons. The molecule has 7 nitrogen and oxygen atoms in total. The van der Waals surface area contributed by atoms with Gasteiger partial charge in [-0.1, -0.05) is 19.1 Å². The number of hydrogen-bond donors (Lipinski definition) is 0. The molecule has 0 heterocycles. The average Bonchev–Trinajstić information content (AvgIpc) is 2.74. The molecule has 3 aromatic carbocycles. The van der Waals surface area contributed by atoms with Gasteiger partial charge in [-0.2, -0.15) is 0 Å². The molecular weight excluding hydrogens is 394 g/mol. The van der Waals surface area contributed by atoms with Crippen LogP contribution in [0.25, 0.3) is 0 Å². The van der Waals surface area contributed by atoms with E-state index < -0.39 is 20.7 Å². The highest BCUT2D eigenvalue weighted by Gasteiger charge is 2.18. The van der Waals surface area contributed by atoms with Gasteiger partial charge in [-0.05, 0) is 60.5 Å². The van der Waals surface area contributed by atoms with Crippen LogP contribution in [0.1, 0.15) is 22.8 Å². The largest absolute Gasteiger partial charge is 0.423 e. The summed E-state index contributed by atoms with van der Waals surface area (Å²) in [7, 11) is -3.68. The number of benzene rings is 3. The normalized spacial score (nSPS) is 11.1. The number of esters is 1. The predicted octanol–water partition coefficient (Wildman–Crippen LogP) is 4.21. The SMILES string of the molecule is CCc1ccc(S(=O)(=O)c2ccc(OC(=O)c3ccc([N+](=O)[O-])cc3)cc2)cc1. The molecule has 0 N–H and O–H groups in total. The number of rotatable bonds is 6. The minimum atomic E-state index is -3.68. The second kappa shape index (κ2) is 8.24. The van der Waals surface area contributed by atoms with E-state index in [1.165, 1.54) is 48.5 Å². The van der Waals surface area contributed by atoms with Crippen molar-refractivity contribution in [2.24, 2.45) is 0 Å². The molecule has 29 heavy (non-hydrogen) atoms. The van der Waals surface area contributed by atoms with E-state index in [4.69, 9.17) is 4.74 Å². The van der Waals surface area contributed by atoms with Crippen molar-refractivity contribution in [3.8, 4) is 5.75 Å². The number of nitro benzene ring substituents is 1. The minimum absolute atomic E-state index is 0.0804. The summed E-state index contributed by atoms with van der Waals surface area (Å²) in [6, 6.07) is 17.2. The third kappa shape index (κ3) is 4.49. The predicted molar refractivity (Wildman–Crippen MR) is 106 cm³/mol. The number of carbonyl (C=O) groups is 1. The Balaban J connectivity index is 1.75. The monoisotopic (exact) mass is 411 g/mol. The van der Waals surface area contributed by atoms with Crippen LogP contribution in [0.15, 0.2) is 82.6 Å². The Bertz CT molecular complexity index is 1140. The number of nitro groups is 1. The van der Waals surface area contributed by atoms with Crippen LogP contribution in [-0.4, -0.2) is 19.3 Å². The van der Waals surface area contributed by atoms with Crippen LogP contribution >= 0.6 is 0 Å². The smallest absolute Gasteiger partial charge is 0.343 e. The number of non-ortho nitro benzene ring substituents is 1. The highest BCUT2D eigenvalue weighted by molar-refractivity contribution is 7.91. The minimum Gasteiger partial charge on any atom is -0.423 e. The topological polar surface area (TPSA) is 104 Å². The summed E-state index contributed by atoms with van der Waals surface area (Å²) in [6.07, 6.45) is 0.815. The Morgan fingerprint density at radius 3 is 1.90 bits per heavy atom. The van der Waals surface area contributed by atoms with E-state index >= 15 is 0 Å². The van der Waals surface area contributed by atoms with E-state index in [9.17, 15) is 23.3 Å². The van der Waals surface area contributed by atoms with Crippen molar-refractivity contribution in [2.75, 3.05) is 0 Å². The fraction of sp³-hybridized carbons (Fsp3) is 0.0952. The van der Waals surface area contributed by atoms with Crippen molar-refractivity contribution in [3.63, 3.8) is 0 Å². The van der Waals surface area contributed by atoms with Crippen molar-refractivity contribution < 1.29 is 22.9 Å². The van der Waals surface area contributed by atoms with E-state index in [1.807, 2.05) is 6.92 Å². The van der Waals surface area contributed by atoms with E-state index in [-0.39, 0.29) is 26.8 Å². The highest BCUT2D eigenvalue weighted by Crippen LogP contribution is 2.24. The molecule has 3 aromatic rings. The highest BCUT2D eigenvalue weighted by atomic mass is 32.2. The Morgan fingerprint density at radius 1 is 0.897 bits per heavy atom. The van der Waals surface area contributed by atoms with Crippen LogP contribution in [0, 0.1) is 10.1 Å². The van der Waals surface area contributed by atoms with Crippen molar-refractivity contribution in [1.29, 1.82) is 0 Å². The van der Waals surface area contributed by atoms with Crippen molar-refractivity contribution >= 4 is 21.5 Å². The van der Waals surface area contributed by atoms with Gasteiger partial charge < -0.3 is 4.74 Å². The fourth-order valence-electron chi connectivity index (χ4n) is 2.61. The van der Waals surface area contributed by atoms with Crippen LogP contribution in [0.3, 0.4) is 0 Å². The van der Waals surface area contributed by atoms with Crippen LogP contribution in [0.5, 0.6) is 5.75 Å². The Kier molecular flexibility index (Phi) is 5.74. The average molecular weight is 411 g/mol. The standard InChI is InChI=1S/C21H17NO6S/c1-2-15-3-11-19(12-4-15)29(26,27)20-13-9-18(10-14-20)28-21(23)16-5-7-17(8-6-16)22(24)25/h3-14H,2H2,1H3. The maximum Gasteiger partial charge on any atom is 0.343 e. The van der Waals surface area contributed by atoms with Crippen LogP contribution in [0.2, 0.25) is 0 Å². The van der Waals surface area contributed by atoms with Gasteiger partial charge in [0.2, 0.25) is 9.84 Å². The van der Waals surface area contributed by atoms with Gasteiger partial charge in [0.1, 0.15) is 5.75 Å². The van der Waals surface area contributed by atoms with Gasteiger partial charge in [-0.3, -0.25) is 10.1 Å². The molecule has 0 fully saturated rings. The summed E-state index contributed by atoms with van der Waals surface area (Å²) < 4.78 is 30.6. The molecule has 0 aliphatic carbocycles. The summed E-state index contributed by atoms with van der Waals surface area (Å²) in [4.78, 5) is 22.5. The lowest BCUT2D eigenvalue weighted by atomic mass is 10.2. The van der Waals surface area contributed by atoms with Gasteiger partial charge in [0.15, 0.2) is 0 Å². The van der Waals surface area contributed by atoms with Crippen molar-refractivity contribution in [1.82, 2.24) is 0 Å². The van der Waals surface area contributed by atoms with E-state index in [0.29, 0.717) is 0 Å². The van der Waals surface area contributed by atoms with Gasteiger partial charge in [0.05, 0.1) is 20.3 Å². The van der Waals surface area contributed by atoms with Gasteiger partial charge in [-0.25, -0.2) is 13.2 Å². The number of ether oxygens (including phenoxy) is 1. The lowest BCUT2D eigenvalue weighted by Gasteiger charge is -2.08. The Labute approximate surface area is 167 Å². The Hall–Kier alpha value is -3.52. The zero-order chi connectivity index (χ0) is 21.0. The number of carbonyl (C=O) groups excluding carboxylic acids is 1. The molecule has 0 atom stereocenters. The third-order valence-corrected chi connectivity index (χ3v) is 6.09. The maximum atomic E-state index is 12.7. The lowest BCUT2D eigenvalue weighted by Crippen LogP contribution is -2.09. The summed E-state index contributed by atoms with van der Waals surface area (Å²) in [5.41, 5.74) is 1.05. The summed E-state index contributed by atoms with van der Waals surface area (Å²) in [5.74, 6) is -0.542. The molecule has 0 amide bonds. The second-order valence-electron chi connectivity index (χ2n) is 6.17. The first kappa shape index (κ1) is 20.2. The molecule has 0 saturated heterocycles. The third-order valence-electron chi connectivity index (χ3n) is 4.30. The van der Waals surface area contributed by atoms with Gasteiger partial charge >= 0.3 is 5.97 Å². The van der Waals surface area contributed by atoms with Gasteiger partial charge in [-0.15, -0.1) is 0 Å². The van der Waals surface area contributed by atoms with Crippen molar-refractivity contribution in [2.45, 2.75) is 23.1 Å². The first-order valence-electron chi connectivity index (χ1n) is 8.72. The number of nitrogens with zero attached hydrogens (tertiary/aromatic N) is 1. The zero-order valence-electron chi connectivity index (χ0n) is 15.4. The first-order valence-corrected chi connectivity index (χ1v) is 10.2. The van der Waals surface area contributed by atoms with Crippen LogP contribution in [0.4, 0.5) is 5.69 Å². The lowest BCUT2D eigenvalue weighted by molar-refractivity contribution is -0.384. The van der Waals surface area contributed by atoms with Crippen molar-refractivity contribution in [3.05, 3.63) is 94.0 Å². The summed E-state index contributed by atoms with van der Waals surface area (Å²) >= 11 is 0. The summed E-state index contributed by atoms with van der Waals surface area (Å²) in [5, 5.41) is 10.7. The van der Waals surface area contributed by atoms with E-state index in [2.05, 4.69) is 0 Å². The number of aryl methyl sites for hydroxylation is 1. The molecule has 3 rings (SSSR count). The van der Waals surface area contributed by atoms with Crippen LogP contribution < -0.4 is 4.74 Å². The van der Waals surface area contributed by atoms with Gasteiger partial charge in [0.25, 0.3) is 5.69 Å². The fourth-order valence-corrected chi connectivity index (χ4v) is 3.87. The quantitative estimate of drug-likeness (QED) is 0.260. The number of hydrogen-bond acceptors (Lipinski definition) is 6. The summed E-state index contributed by atoms with van der Waals surface area (Å²) in [6.45, 7) is 1.99. The Morgan fingerprint density at radius 2 is 1.41 bits per heavy atom. The molecule has 0 spiro atoms. The molecule has 8 heteroatoms. The molecule has 0 aromatic heterocycles. The van der Waals surface area contributed by atoms with E-state index in [0.717, 1.165) is 12.0 Å². The molecule has 0 aliphatic rings. The molecule has 0 aliphatic heterocycles. The van der Waals surface area contributed by atoms with Crippen LogP contribution in [-0.2, 0) is 16.3 Å². The molecule has 0 unspecified atom stereocenters. The maximum absolute atomic E-state index is 12.7. The first-order chi connectivity index (χ1) is 13.8. The molecular formula is C21H17NO6S. The second-order valence-corrected chi connectivity index (χ2v) is 8.12. The zero-order valence-corrected chi connectivity index (χ0v) is 16.3. The van der Waals surface area contributed by atoms with Gasteiger partial charge in [0, 0.05) is 12.1 Å². The molecule has 148 valence electrons. The molecule has 0 bridgehead atoms. The number of sulfone groups is 1. The molecule has 0 saturated carbocycles. The van der Waals surface area contributed by atoms with E-state index in [1.54, 1.807) is 24.3 Å².